The summed E-state index contributed by atoms with van der Waals surface area (Å²) in [6.45, 7) is 5.81. The highest BCUT2D eigenvalue weighted by Crippen LogP contribution is 2.30. The van der Waals surface area contributed by atoms with Gasteiger partial charge in [0.25, 0.3) is 0 Å². The van der Waals surface area contributed by atoms with Crippen molar-refractivity contribution in [3.8, 4) is 17.4 Å². The molecular weight excluding hydrogens is 340 g/mol. The van der Waals surface area contributed by atoms with Gasteiger partial charge in [-0.05, 0) is 37.1 Å². The fourth-order valence-electron chi connectivity index (χ4n) is 2.31. The van der Waals surface area contributed by atoms with Gasteiger partial charge in [-0.25, -0.2) is 4.98 Å². The first kappa shape index (κ1) is 19.1. The van der Waals surface area contributed by atoms with Gasteiger partial charge in [-0.15, -0.1) is 0 Å². The van der Waals surface area contributed by atoms with Gasteiger partial charge in [0.1, 0.15) is 18.1 Å². The zero-order chi connectivity index (χ0) is 18.2. The molecular formula is C19H23ClN2O3. The van der Waals surface area contributed by atoms with Crippen molar-refractivity contribution >= 4 is 17.5 Å². The van der Waals surface area contributed by atoms with Gasteiger partial charge in [0.2, 0.25) is 11.8 Å². The zero-order valence-electron chi connectivity index (χ0n) is 14.7. The summed E-state index contributed by atoms with van der Waals surface area (Å²) in [6, 6.07) is 9.20. The third-order valence-corrected chi connectivity index (χ3v) is 3.70. The number of aromatic nitrogens is 1. The minimum absolute atomic E-state index is 0.0873. The Kier molecular flexibility index (Phi) is 7.07. The van der Waals surface area contributed by atoms with E-state index in [1.54, 1.807) is 18.3 Å². The molecule has 1 atom stereocenters. The van der Waals surface area contributed by atoms with Gasteiger partial charge in [-0.2, -0.15) is 0 Å². The monoisotopic (exact) mass is 362 g/mol. The van der Waals surface area contributed by atoms with Crippen molar-refractivity contribution in [2.24, 2.45) is 0 Å². The largest absolute Gasteiger partial charge is 0.475 e. The minimum atomic E-state index is -0.0883. The number of ether oxygens (including phenoxy) is 2. The van der Waals surface area contributed by atoms with Crippen molar-refractivity contribution in [1.29, 1.82) is 0 Å². The molecule has 0 bridgehead atoms. The molecule has 0 radical (unpaired) electrons. The number of rotatable bonds is 8. The van der Waals surface area contributed by atoms with E-state index in [0.29, 0.717) is 29.0 Å². The molecule has 1 aromatic heterocycles. The van der Waals surface area contributed by atoms with Crippen molar-refractivity contribution in [2.75, 3.05) is 6.61 Å². The van der Waals surface area contributed by atoms with Crippen LogP contribution in [0.5, 0.6) is 17.4 Å². The molecule has 0 saturated carbocycles. The lowest BCUT2D eigenvalue weighted by atomic mass is 10.1. The summed E-state index contributed by atoms with van der Waals surface area (Å²) in [5.74, 6) is 1.55. The Bertz CT molecular complexity index is 704. The number of carbonyl (C=O) groups is 1. The number of carbonyl (C=O) groups excluding carboxylic acids is 1. The summed E-state index contributed by atoms with van der Waals surface area (Å²) in [6.07, 6.45) is 3.64. The maximum absolute atomic E-state index is 11.0. The maximum Gasteiger partial charge on any atom is 0.217 e. The van der Waals surface area contributed by atoms with Crippen LogP contribution in [0.25, 0.3) is 0 Å². The van der Waals surface area contributed by atoms with Gasteiger partial charge in [-0.1, -0.05) is 31.0 Å². The number of benzene rings is 1. The van der Waals surface area contributed by atoms with E-state index in [0.717, 1.165) is 12.8 Å². The second-order valence-electron chi connectivity index (χ2n) is 5.86. The van der Waals surface area contributed by atoms with Crippen LogP contribution in [0.2, 0.25) is 5.02 Å². The molecule has 1 aromatic carbocycles. The predicted molar refractivity (Wildman–Crippen MR) is 98.5 cm³/mol. The highest BCUT2D eigenvalue weighted by molar-refractivity contribution is 6.32. The molecule has 2 aromatic rings. The molecule has 0 fully saturated rings. The van der Waals surface area contributed by atoms with Crippen LogP contribution in [0.3, 0.4) is 0 Å². The number of pyridine rings is 1. The molecule has 1 unspecified atom stereocenters. The number of amides is 1. The molecule has 6 heteroatoms. The highest BCUT2D eigenvalue weighted by Gasteiger charge is 2.07. The van der Waals surface area contributed by atoms with E-state index in [1.165, 1.54) is 12.5 Å². The molecule has 1 amide bonds. The fraction of sp³-hybridized carbons (Fsp3) is 0.368. The standard InChI is InChI=1S/C19H23ClN2O3/c1-4-5-15-6-8-18(17(20)10-15)25-16-7-9-19(21-11-16)24-12-13(2)22-14(3)23/h6-11,13H,4-5,12H2,1-3H3,(H,22,23). The van der Waals surface area contributed by atoms with Crippen LogP contribution < -0.4 is 14.8 Å². The van der Waals surface area contributed by atoms with E-state index in [1.807, 2.05) is 25.1 Å². The lowest BCUT2D eigenvalue weighted by Crippen LogP contribution is -2.35. The second kappa shape index (κ2) is 9.28. The van der Waals surface area contributed by atoms with Crippen molar-refractivity contribution in [3.63, 3.8) is 0 Å². The number of hydrogen-bond donors (Lipinski definition) is 1. The van der Waals surface area contributed by atoms with Gasteiger partial charge in [0, 0.05) is 13.0 Å². The van der Waals surface area contributed by atoms with Gasteiger partial charge in [-0.3, -0.25) is 4.79 Å². The zero-order valence-corrected chi connectivity index (χ0v) is 15.5. The van der Waals surface area contributed by atoms with Crippen LogP contribution >= 0.6 is 11.6 Å². The Morgan fingerprint density at radius 2 is 2.12 bits per heavy atom. The first-order chi connectivity index (χ1) is 12.0. The summed E-state index contributed by atoms with van der Waals surface area (Å²) < 4.78 is 11.3. The van der Waals surface area contributed by atoms with Gasteiger partial charge < -0.3 is 14.8 Å². The van der Waals surface area contributed by atoms with E-state index < -0.39 is 0 Å². The summed E-state index contributed by atoms with van der Waals surface area (Å²) in [5, 5.41) is 3.32. The van der Waals surface area contributed by atoms with Gasteiger partial charge in [0.15, 0.2) is 0 Å². The van der Waals surface area contributed by atoms with E-state index >= 15 is 0 Å². The second-order valence-corrected chi connectivity index (χ2v) is 6.27. The Morgan fingerprint density at radius 1 is 1.32 bits per heavy atom. The molecule has 25 heavy (non-hydrogen) atoms. The van der Waals surface area contributed by atoms with Crippen molar-refractivity contribution < 1.29 is 14.3 Å². The molecule has 0 aliphatic carbocycles. The van der Waals surface area contributed by atoms with Crippen molar-refractivity contribution in [3.05, 3.63) is 47.1 Å². The molecule has 1 heterocycles. The number of nitrogens with one attached hydrogen (secondary N) is 1. The Morgan fingerprint density at radius 3 is 2.72 bits per heavy atom. The summed E-state index contributed by atoms with van der Waals surface area (Å²) in [7, 11) is 0. The van der Waals surface area contributed by atoms with Crippen LogP contribution in [0.1, 0.15) is 32.8 Å². The molecule has 5 nitrogen and oxygen atoms in total. The fourth-order valence-corrected chi connectivity index (χ4v) is 2.55. The average Bonchev–Trinajstić information content (AvgIpc) is 2.56. The minimum Gasteiger partial charge on any atom is -0.475 e. The van der Waals surface area contributed by atoms with E-state index in [9.17, 15) is 4.79 Å². The predicted octanol–water partition coefficient (Wildman–Crippen LogP) is 4.38. The Hall–Kier alpha value is -2.27. The first-order valence-corrected chi connectivity index (χ1v) is 8.68. The van der Waals surface area contributed by atoms with Gasteiger partial charge >= 0.3 is 0 Å². The molecule has 2 rings (SSSR count). The van der Waals surface area contributed by atoms with Crippen molar-refractivity contribution in [2.45, 2.75) is 39.7 Å². The van der Waals surface area contributed by atoms with E-state index in [-0.39, 0.29) is 11.9 Å². The van der Waals surface area contributed by atoms with Crippen LogP contribution in [-0.4, -0.2) is 23.5 Å². The number of halogens is 1. The average molecular weight is 363 g/mol. The quantitative estimate of drug-likeness (QED) is 0.756. The lowest BCUT2D eigenvalue weighted by Gasteiger charge is -2.13. The molecule has 1 N–H and O–H groups in total. The van der Waals surface area contributed by atoms with Crippen LogP contribution in [0.15, 0.2) is 36.5 Å². The van der Waals surface area contributed by atoms with E-state index in [4.69, 9.17) is 21.1 Å². The van der Waals surface area contributed by atoms with Crippen LogP contribution in [0, 0.1) is 0 Å². The maximum atomic E-state index is 11.0. The summed E-state index contributed by atoms with van der Waals surface area (Å²) in [4.78, 5) is 15.2. The Balaban J connectivity index is 1.93. The molecule has 134 valence electrons. The number of aryl methyl sites for hydroxylation is 1. The number of hydrogen-bond acceptors (Lipinski definition) is 4. The Labute approximate surface area is 153 Å². The smallest absolute Gasteiger partial charge is 0.217 e. The molecule has 0 aliphatic heterocycles. The normalized spacial score (nSPS) is 11.7. The summed E-state index contributed by atoms with van der Waals surface area (Å²) >= 11 is 6.27. The van der Waals surface area contributed by atoms with Crippen molar-refractivity contribution in [1.82, 2.24) is 10.3 Å². The lowest BCUT2D eigenvalue weighted by molar-refractivity contribution is -0.119. The third kappa shape index (κ3) is 6.27. The first-order valence-electron chi connectivity index (χ1n) is 8.30. The number of nitrogens with zero attached hydrogens (tertiary/aromatic N) is 1. The molecule has 0 spiro atoms. The molecule has 0 saturated heterocycles. The van der Waals surface area contributed by atoms with Crippen LogP contribution in [-0.2, 0) is 11.2 Å². The topological polar surface area (TPSA) is 60.5 Å². The molecule has 0 aliphatic rings. The van der Waals surface area contributed by atoms with E-state index in [2.05, 4.69) is 17.2 Å². The SMILES string of the molecule is CCCc1ccc(Oc2ccc(OCC(C)NC(C)=O)nc2)c(Cl)c1. The summed E-state index contributed by atoms with van der Waals surface area (Å²) in [5.41, 5.74) is 1.19. The van der Waals surface area contributed by atoms with Gasteiger partial charge in [0.05, 0.1) is 17.3 Å². The van der Waals surface area contributed by atoms with Crippen LogP contribution in [0.4, 0.5) is 0 Å². The third-order valence-electron chi connectivity index (χ3n) is 3.40. The highest BCUT2D eigenvalue weighted by atomic mass is 35.5.